The van der Waals surface area contributed by atoms with Crippen molar-refractivity contribution in [3.63, 3.8) is 0 Å². The Morgan fingerprint density at radius 3 is 2.20 bits per heavy atom. The van der Waals surface area contributed by atoms with Gasteiger partial charge in [-0.15, -0.1) is 0 Å². The van der Waals surface area contributed by atoms with Gasteiger partial charge >= 0.3 is 0 Å². The predicted octanol–water partition coefficient (Wildman–Crippen LogP) is 0.698. The fourth-order valence-electron chi connectivity index (χ4n) is 1.02. The van der Waals surface area contributed by atoms with Crippen LogP contribution in [0.2, 0.25) is 0 Å². The van der Waals surface area contributed by atoms with Gasteiger partial charge in [0.25, 0.3) is 0 Å². The number of aryl methyl sites for hydroxylation is 2. The Kier molecular flexibility index (Phi) is 1.66. The lowest BCUT2D eigenvalue weighted by atomic mass is 10.4. The number of aromatic nitrogens is 2. The highest BCUT2D eigenvalue weighted by Crippen LogP contribution is 1.99. The van der Waals surface area contributed by atoms with Crippen molar-refractivity contribution < 1.29 is 0 Å². The zero-order chi connectivity index (χ0) is 7.72. The molecule has 0 aliphatic heterocycles. The molecule has 1 rings (SSSR count). The van der Waals surface area contributed by atoms with Gasteiger partial charge in [-0.1, -0.05) is 0 Å². The Balaban J connectivity index is 3.03. The monoisotopic (exact) mass is 139 g/mol. The summed E-state index contributed by atoms with van der Waals surface area (Å²) >= 11 is 0. The van der Waals surface area contributed by atoms with Gasteiger partial charge in [0.15, 0.2) is 0 Å². The molecule has 10 heavy (non-hydrogen) atoms. The third-order valence-electron chi connectivity index (χ3n) is 1.36. The van der Waals surface area contributed by atoms with E-state index in [9.17, 15) is 0 Å². The smallest absolute Gasteiger partial charge is 0.0617 e. The summed E-state index contributed by atoms with van der Waals surface area (Å²) < 4.78 is 0. The number of nitrogens with zero attached hydrogens (tertiary/aromatic N) is 3. The van der Waals surface area contributed by atoms with Crippen LogP contribution in [0, 0.1) is 13.8 Å². The van der Waals surface area contributed by atoms with Gasteiger partial charge in [-0.3, -0.25) is 0 Å². The molecule has 0 bridgehead atoms. The fraction of sp³-hybridized carbons (Fsp3) is 0.571. The van der Waals surface area contributed by atoms with Crippen LogP contribution in [-0.2, 0) is 0 Å². The maximum Gasteiger partial charge on any atom is 0.0617 e. The molecule has 1 heterocycles. The van der Waals surface area contributed by atoms with Crippen LogP contribution in [0.5, 0.6) is 0 Å². The molecule has 0 saturated carbocycles. The van der Waals surface area contributed by atoms with Crippen molar-refractivity contribution >= 4 is 0 Å². The largest absolute Gasteiger partial charge is 0.303 e. The number of rotatable bonds is 1. The first kappa shape index (κ1) is 7.12. The zero-order valence-electron chi connectivity index (χ0n) is 6.92. The van der Waals surface area contributed by atoms with Crippen molar-refractivity contribution in [2.45, 2.75) is 13.8 Å². The van der Waals surface area contributed by atoms with Gasteiger partial charge in [-0.05, 0) is 19.9 Å². The molecule has 56 valence electrons. The van der Waals surface area contributed by atoms with Crippen LogP contribution >= 0.6 is 0 Å². The normalized spacial score (nSPS) is 10.0. The van der Waals surface area contributed by atoms with Crippen LogP contribution in [0.4, 0.5) is 0 Å². The summed E-state index contributed by atoms with van der Waals surface area (Å²) in [6.07, 6.45) is 0. The first-order valence-corrected chi connectivity index (χ1v) is 3.32. The molecule has 1 aromatic heterocycles. The molecule has 0 aliphatic carbocycles. The number of hydrogen-bond donors (Lipinski definition) is 0. The van der Waals surface area contributed by atoms with E-state index in [4.69, 9.17) is 0 Å². The first-order chi connectivity index (χ1) is 4.61. The number of hydrogen-bond acceptors (Lipinski definition) is 2. The van der Waals surface area contributed by atoms with Gasteiger partial charge < -0.3 is 5.01 Å². The summed E-state index contributed by atoms with van der Waals surface area (Å²) in [6.45, 7) is 4.03. The van der Waals surface area contributed by atoms with Crippen LogP contribution in [0.3, 0.4) is 0 Å². The average molecular weight is 139 g/mol. The highest BCUT2D eigenvalue weighted by molar-refractivity contribution is 5.08. The topological polar surface area (TPSA) is 21.1 Å². The molecule has 0 aliphatic rings. The molecule has 0 radical (unpaired) electrons. The lowest BCUT2D eigenvalue weighted by Crippen LogP contribution is -2.27. The minimum atomic E-state index is 1.06. The van der Waals surface area contributed by atoms with E-state index < -0.39 is 0 Å². The van der Waals surface area contributed by atoms with Gasteiger partial charge in [0, 0.05) is 14.1 Å². The lowest BCUT2D eigenvalue weighted by Gasteiger charge is -2.13. The fourth-order valence-corrected chi connectivity index (χ4v) is 1.02. The van der Waals surface area contributed by atoms with Gasteiger partial charge in [0.2, 0.25) is 0 Å². The summed E-state index contributed by atoms with van der Waals surface area (Å²) in [5, 5.41) is 6.20. The molecule has 0 spiro atoms. The average Bonchev–Trinajstić information content (AvgIpc) is 2.10. The van der Waals surface area contributed by atoms with Crippen molar-refractivity contribution in [1.82, 2.24) is 9.89 Å². The van der Waals surface area contributed by atoms with E-state index in [2.05, 4.69) is 11.2 Å². The molecular weight excluding hydrogens is 126 g/mol. The van der Waals surface area contributed by atoms with E-state index in [1.165, 1.54) is 5.69 Å². The van der Waals surface area contributed by atoms with E-state index in [-0.39, 0.29) is 0 Å². The second-order valence-corrected chi connectivity index (χ2v) is 2.66. The Bertz CT molecular complexity index is 225. The van der Waals surface area contributed by atoms with Crippen LogP contribution in [0.25, 0.3) is 0 Å². The zero-order valence-corrected chi connectivity index (χ0v) is 6.92. The minimum Gasteiger partial charge on any atom is -0.303 e. The molecule has 0 amide bonds. The lowest BCUT2D eigenvalue weighted by molar-refractivity contribution is 0.616. The van der Waals surface area contributed by atoms with E-state index >= 15 is 0 Å². The Hall–Kier alpha value is -0.990. The molecule has 0 aromatic carbocycles. The van der Waals surface area contributed by atoms with Crippen molar-refractivity contribution in [3.8, 4) is 0 Å². The second kappa shape index (κ2) is 2.33. The van der Waals surface area contributed by atoms with E-state index in [0.717, 1.165) is 5.69 Å². The third-order valence-corrected chi connectivity index (χ3v) is 1.36. The summed E-state index contributed by atoms with van der Waals surface area (Å²) in [4.78, 5) is 1.87. The summed E-state index contributed by atoms with van der Waals surface area (Å²) in [5.41, 5.74) is 2.23. The van der Waals surface area contributed by atoms with Gasteiger partial charge in [-0.2, -0.15) is 9.89 Å². The predicted molar refractivity (Wildman–Crippen MR) is 41.8 cm³/mol. The van der Waals surface area contributed by atoms with Crippen molar-refractivity contribution in [3.05, 3.63) is 17.5 Å². The highest BCUT2D eigenvalue weighted by atomic mass is 15.6. The van der Waals surface area contributed by atoms with Crippen LogP contribution in [0.15, 0.2) is 6.07 Å². The summed E-state index contributed by atoms with van der Waals surface area (Å²) in [7, 11) is 3.94. The van der Waals surface area contributed by atoms with Gasteiger partial charge in [0.05, 0.1) is 11.4 Å². The summed E-state index contributed by atoms with van der Waals surface area (Å²) in [6, 6.07) is 2.06. The summed E-state index contributed by atoms with van der Waals surface area (Å²) in [5.74, 6) is 0. The molecule has 0 N–H and O–H groups in total. The van der Waals surface area contributed by atoms with E-state index in [1.807, 2.05) is 37.7 Å². The van der Waals surface area contributed by atoms with E-state index in [0.29, 0.717) is 0 Å². The third kappa shape index (κ3) is 1.12. The first-order valence-electron chi connectivity index (χ1n) is 3.32. The van der Waals surface area contributed by atoms with Crippen LogP contribution in [-0.4, -0.2) is 24.0 Å². The quantitative estimate of drug-likeness (QED) is 0.571. The molecule has 3 heteroatoms. The molecule has 3 nitrogen and oxygen atoms in total. The van der Waals surface area contributed by atoms with Gasteiger partial charge in [0.1, 0.15) is 0 Å². The van der Waals surface area contributed by atoms with E-state index in [1.54, 1.807) is 0 Å². The van der Waals surface area contributed by atoms with Crippen molar-refractivity contribution in [1.29, 1.82) is 0 Å². The molecular formula is C7H13N3. The molecule has 0 atom stereocenters. The molecule has 0 unspecified atom stereocenters. The molecule has 0 fully saturated rings. The maximum atomic E-state index is 4.25. The SMILES string of the molecule is Cc1cc(C)n(N(C)C)n1. The Labute approximate surface area is 61.2 Å². The van der Waals surface area contributed by atoms with Gasteiger partial charge in [-0.25, -0.2) is 0 Å². The van der Waals surface area contributed by atoms with Crippen LogP contribution < -0.4 is 5.01 Å². The highest BCUT2D eigenvalue weighted by Gasteiger charge is 1.99. The van der Waals surface area contributed by atoms with Crippen molar-refractivity contribution in [2.24, 2.45) is 0 Å². The standard InChI is InChI=1S/C7H13N3/c1-6-5-7(2)10(8-6)9(3)4/h5H,1-4H3. The molecule has 0 saturated heterocycles. The minimum absolute atomic E-state index is 1.06. The Morgan fingerprint density at radius 2 is 2.00 bits per heavy atom. The van der Waals surface area contributed by atoms with Crippen molar-refractivity contribution in [2.75, 3.05) is 19.1 Å². The second-order valence-electron chi connectivity index (χ2n) is 2.66. The Morgan fingerprint density at radius 1 is 1.40 bits per heavy atom. The maximum absolute atomic E-state index is 4.25. The molecule has 1 aromatic rings. The van der Waals surface area contributed by atoms with Crippen LogP contribution in [0.1, 0.15) is 11.4 Å².